The van der Waals surface area contributed by atoms with E-state index in [1.807, 2.05) is 0 Å². The van der Waals surface area contributed by atoms with Gasteiger partial charge in [0.1, 0.15) is 11.5 Å². The van der Waals surface area contributed by atoms with E-state index in [9.17, 15) is 9.18 Å². The van der Waals surface area contributed by atoms with Crippen LogP contribution in [0.5, 0.6) is 0 Å². The van der Waals surface area contributed by atoms with Gasteiger partial charge in [-0.2, -0.15) is 0 Å². The van der Waals surface area contributed by atoms with Gasteiger partial charge in [0, 0.05) is 0 Å². The first-order chi connectivity index (χ1) is 7.20. The number of benzene rings is 1. The molecule has 0 atom stereocenters. The molecule has 0 saturated heterocycles. The average Bonchev–Trinajstić information content (AvgIpc) is 2.61. The van der Waals surface area contributed by atoms with Crippen LogP contribution >= 0.6 is 22.9 Å². The van der Waals surface area contributed by atoms with Crippen LogP contribution in [0.25, 0.3) is 10.4 Å². The second-order valence-corrected chi connectivity index (χ2v) is 4.39. The molecule has 0 aliphatic rings. The van der Waals surface area contributed by atoms with Gasteiger partial charge in [0.25, 0.3) is 0 Å². The molecule has 0 fully saturated rings. The fraction of sp³-hybridized carbons (Fsp3) is 0. The van der Waals surface area contributed by atoms with Crippen molar-refractivity contribution < 1.29 is 9.18 Å². The molecule has 76 valence electrons. The molecule has 1 aromatic heterocycles. The van der Waals surface area contributed by atoms with E-state index >= 15 is 0 Å². The highest BCUT2D eigenvalue weighted by atomic mass is 35.5. The molecule has 0 N–H and O–H groups in total. The fourth-order valence-electron chi connectivity index (χ4n) is 1.19. The average molecular weight is 242 g/mol. The van der Waals surface area contributed by atoms with Crippen LogP contribution in [0.4, 0.5) is 4.39 Å². The van der Waals surface area contributed by atoms with E-state index in [0.717, 1.165) is 5.56 Å². The molecular weight excluding hydrogens is 237 g/mol. The minimum atomic E-state index is -0.318. The van der Waals surface area contributed by atoms with Gasteiger partial charge in [-0.3, -0.25) is 4.79 Å². The van der Waals surface area contributed by atoms with E-state index in [0.29, 0.717) is 15.6 Å². The van der Waals surface area contributed by atoms with Crippen LogP contribution in [0.1, 0.15) is 10.5 Å². The van der Waals surface area contributed by atoms with Crippen molar-refractivity contribution in [3.8, 4) is 10.4 Å². The third-order valence-electron chi connectivity index (χ3n) is 1.85. The summed E-state index contributed by atoms with van der Waals surface area (Å²) in [4.78, 5) is 15.2. The van der Waals surface area contributed by atoms with Crippen molar-refractivity contribution in [2.45, 2.75) is 0 Å². The Morgan fingerprint density at radius 3 is 2.60 bits per heavy atom. The van der Waals surface area contributed by atoms with Gasteiger partial charge in [-0.05, 0) is 17.7 Å². The highest BCUT2D eigenvalue weighted by Gasteiger charge is 2.11. The van der Waals surface area contributed by atoms with E-state index < -0.39 is 0 Å². The topological polar surface area (TPSA) is 30.0 Å². The molecule has 0 radical (unpaired) electrons. The molecule has 2 nitrogen and oxygen atoms in total. The molecule has 2 rings (SSSR count). The zero-order chi connectivity index (χ0) is 10.8. The van der Waals surface area contributed by atoms with E-state index in [-0.39, 0.29) is 11.5 Å². The normalized spacial score (nSPS) is 10.3. The molecule has 1 aromatic carbocycles. The Bertz CT molecular complexity index is 495. The second-order valence-electron chi connectivity index (χ2n) is 2.81. The number of nitrogens with zero attached hydrogens (tertiary/aromatic N) is 1. The van der Waals surface area contributed by atoms with E-state index in [1.165, 1.54) is 23.5 Å². The summed E-state index contributed by atoms with van der Waals surface area (Å²) < 4.78 is 13.0. The Kier molecular flexibility index (Phi) is 2.79. The van der Waals surface area contributed by atoms with Crippen molar-refractivity contribution in [1.29, 1.82) is 0 Å². The first-order valence-electron chi connectivity index (χ1n) is 4.08. The van der Waals surface area contributed by atoms with E-state index in [2.05, 4.69) is 4.98 Å². The van der Waals surface area contributed by atoms with Gasteiger partial charge >= 0.3 is 0 Å². The molecule has 5 heteroatoms. The minimum absolute atomic E-state index is 0.289. The molecule has 0 bridgehead atoms. The summed E-state index contributed by atoms with van der Waals surface area (Å²) in [6, 6.07) is 5.84. The highest BCUT2D eigenvalue weighted by Crippen LogP contribution is 2.31. The summed E-state index contributed by atoms with van der Waals surface area (Å²) in [6.07, 6.45) is 0.640. The van der Waals surface area contributed by atoms with Crippen molar-refractivity contribution in [2.75, 3.05) is 0 Å². The SMILES string of the molecule is O=Cc1nc(Cl)sc1-c1ccc(F)cc1. The standard InChI is InChI=1S/C10H5ClFNOS/c11-10-13-8(5-14)9(15-10)6-1-3-7(12)4-2-6/h1-5H. The molecule has 15 heavy (non-hydrogen) atoms. The maximum atomic E-state index is 12.7. The predicted octanol–water partition coefficient (Wildman–Crippen LogP) is 3.42. The number of thiazole rings is 1. The van der Waals surface area contributed by atoms with Gasteiger partial charge in [-0.1, -0.05) is 23.7 Å². The lowest BCUT2D eigenvalue weighted by Gasteiger charge is -1.96. The number of halogens is 2. The summed E-state index contributed by atoms with van der Waals surface area (Å²) in [6.45, 7) is 0. The van der Waals surface area contributed by atoms with Crippen molar-refractivity contribution in [2.24, 2.45) is 0 Å². The zero-order valence-electron chi connectivity index (χ0n) is 7.41. The van der Waals surface area contributed by atoms with Gasteiger partial charge in [0.2, 0.25) is 0 Å². The molecule has 0 saturated carbocycles. The number of carbonyl (C=O) groups is 1. The second kappa shape index (κ2) is 4.08. The smallest absolute Gasteiger partial charge is 0.184 e. The summed E-state index contributed by atoms with van der Waals surface area (Å²) in [5.41, 5.74) is 1.03. The van der Waals surface area contributed by atoms with Crippen molar-refractivity contribution >= 4 is 29.2 Å². The number of hydrogen-bond acceptors (Lipinski definition) is 3. The van der Waals surface area contributed by atoms with Gasteiger partial charge in [0.15, 0.2) is 10.8 Å². The maximum Gasteiger partial charge on any atom is 0.184 e. The summed E-state index contributed by atoms with van der Waals surface area (Å²) >= 11 is 6.90. The molecule has 0 unspecified atom stereocenters. The van der Waals surface area contributed by atoms with Gasteiger partial charge < -0.3 is 0 Å². The van der Waals surface area contributed by atoms with Crippen LogP contribution in [-0.4, -0.2) is 11.3 Å². The first kappa shape index (κ1) is 10.3. The van der Waals surface area contributed by atoms with Gasteiger partial charge in [0.05, 0.1) is 4.88 Å². The first-order valence-corrected chi connectivity index (χ1v) is 5.27. The number of carbonyl (C=O) groups excluding carboxylic acids is 1. The van der Waals surface area contributed by atoms with Crippen LogP contribution in [0.15, 0.2) is 24.3 Å². The monoisotopic (exact) mass is 241 g/mol. The Morgan fingerprint density at radius 1 is 1.33 bits per heavy atom. The Hall–Kier alpha value is -1.26. The zero-order valence-corrected chi connectivity index (χ0v) is 8.98. The Morgan fingerprint density at radius 2 is 2.00 bits per heavy atom. The maximum absolute atomic E-state index is 12.7. The lowest BCUT2D eigenvalue weighted by atomic mass is 10.1. The fourth-order valence-corrected chi connectivity index (χ4v) is 2.28. The largest absolute Gasteiger partial charge is 0.296 e. The van der Waals surface area contributed by atoms with Gasteiger partial charge in [-0.15, -0.1) is 11.3 Å². The lowest BCUT2D eigenvalue weighted by molar-refractivity contribution is 0.112. The summed E-state index contributed by atoms with van der Waals surface area (Å²) in [5, 5.41) is 0. The summed E-state index contributed by atoms with van der Waals surface area (Å²) in [7, 11) is 0. The van der Waals surface area contributed by atoms with Crippen molar-refractivity contribution in [3.05, 3.63) is 40.2 Å². The third-order valence-corrected chi connectivity index (χ3v) is 3.07. The molecule has 0 aliphatic carbocycles. The molecule has 1 heterocycles. The number of aldehydes is 1. The van der Waals surface area contributed by atoms with Crippen LogP contribution in [0, 0.1) is 5.82 Å². The molecule has 0 aliphatic heterocycles. The third kappa shape index (κ3) is 2.06. The number of hydrogen-bond donors (Lipinski definition) is 0. The number of aromatic nitrogens is 1. The van der Waals surface area contributed by atoms with Crippen molar-refractivity contribution in [1.82, 2.24) is 4.98 Å². The number of rotatable bonds is 2. The van der Waals surface area contributed by atoms with Crippen LogP contribution < -0.4 is 0 Å². The lowest BCUT2D eigenvalue weighted by Crippen LogP contribution is -1.83. The summed E-state index contributed by atoms with van der Waals surface area (Å²) in [5.74, 6) is -0.318. The Labute approximate surface area is 94.3 Å². The minimum Gasteiger partial charge on any atom is -0.296 e. The van der Waals surface area contributed by atoms with Crippen LogP contribution in [0.2, 0.25) is 4.47 Å². The van der Waals surface area contributed by atoms with Gasteiger partial charge in [-0.25, -0.2) is 9.37 Å². The molecule has 0 amide bonds. The molecular formula is C10H5ClFNOS. The predicted molar refractivity (Wildman–Crippen MR) is 57.9 cm³/mol. The van der Waals surface area contributed by atoms with Crippen LogP contribution in [-0.2, 0) is 0 Å². The van der Waals surface area contributed by atoms with Crippen molar-refractivity contribution in [3.63, 3.8) is 0 Å². The Balaban J connectivity index is 2.52. The van der Waals surface area contributed by atoms with E-state index in [4.69, 9.17) is 11.6 Å². The molecule has 0 spiro atoms. The quantitative estimate of drug-likeness (QED) is 0.754. The highest BCUT2D eigenvalue weighted by molar-refractivity contribution is 7.19. The van der Waals surface area contributed by atoms with Crippen LogP contribution in [0.3, 0.4) is 0 Å². The molecule has 2 aromatic rings. The van der Waals surface area contributed by atoms with E-state index in [1.54, 1.807) is 12.1 Å².